The predicted octanol–water partition coefficient (Wildman–Crippen LogP) is 4.36. The minimum absolute atomic E-state index is 0.192. The van der Waals surface area contributed by atoms with E-state index in [0.717, 1.165) is 34.0 Å². The van der Waals surface area contributed by atoms with Gasteiger partial charge in [-0.25, -0.2) is 15.4 Å². The normalized spacial score (nSPS) is 11.3. The van der Waals surface area contributed by atoms with E-state index in [9.17, 15) is 4.79 Å². The summed E-state index contributed by atoms with van der Waals surface area (Å²) in [6.07, 6.45) is 1.69. The van der Waals surface area contributed by atoms with Gasteiger partial charge in [0.25, 0.3) is 5.91 Å². The summed E-state index contributed by atoms with van der Waals surface area (Å²) in [6.45, 7) is 12.2. The standard InChI is InChI=1S/C23H27N5OS/c1-14-7-15(2)9-21(8-14)28-18(5)11-20(19(28)6)12-24-27-22(29)13-30-23-25-16(3)10-17(4)26-23/h7-12H,13H2,1-6H3,(H,27,29)/b24-12+. The van der Waals surface area contributed by atoms with Crippen LogP contribution in [0.5, 0.6) is 0 Å². The van der Waals surface area contributed by atoms with Crippen LogP contribution >= 0.6 is 11.8 Å². The maximum atomic E-state index is 12.1. The minimum Gasteiger partial charge on any atom is -0.318 e. The predicted molar refractivity (Wildman–Crippen MR) is 123 cm³/mol. The average molecular weight is 422 g/mol. The summed E-state index contributed by atoms with van der Waals surface area (Å²) >= 11 is 1.30. The third kappa shape index (κ3) is 5.36. The topological polar surface area (TPSA) is 72.2 Å². The zero-order valence-corrected chi connectivity index (χ0v) is 19.1. The Hall–Kier alpha value is -2.93. The molecule has 156 valence electrons. The minimum atomic E-state index is -0.192. The summed E-state index contributed by atoms with van der Waals surface area (Å²) in [5.74, 6) is 0.0177. The van der Waals surface area contributed by atoms with Crippen molar-refractivity contribution in [1.82, 2.24) is 20.0 Å². The van der Waals surface area contributed by atoms with E-state index in [4.69, 9.17) is 0 Å². The summed E-state index contributed by atoms with van der Waals surface area (Å²) in [7, 11) is 0. The van der Waals surface area contributed by atoms with E-state index < -0.39 is 0 Å². The van der Waals surface area contributed by atoms with Crippen molar-refractivity contribution in [1.29, 1.82) is 0 Å². The number of carbonyl (C=O) groups excluding carboxylic acids is 1. The van der Waals surface area contributed by atoms with Crippen LogP contribution in [0.4, 0.5) is 0 Å². The van der Waals surface area contributed by atoms with E-state index in [1.165, 1.54) is 22.9 Å². The Bertz CT molecular complexity index is 1080. The molecule has 0 saturated carbocycles. The number of amides is 1. The van der Waals surface area contributed by atoms with Crippen LogP contribution < -0.4 is 5.43 Å². The molecule has 3 aromatic rings. The smallest absolute Gasteiger partial charge is 0.250 e. The van der Waals surface area contributed by atoms with Gasteiger partial charge in [0.1, 0.15) is 0 Å². The highest BCUT2D eigenvalue weighted by atomic mass is 32.2. The fraction of sp³-hybridized carbons (Fsp3) is 0.304. The van der Waals surface area contributed by atoms with E-state index in [1.807, 2.05) is 19.9 Å². The van der Waals surface area contributed by atoms with Gasteiger partial charge in [0.2, 0.25) is 0 Å². The number of hydrazone groups is 1. The first-order chi connectivity index (χ1) is 14.2. The maximum absolute atomic E-state index is 12.1. The second-order valence-corrected chi connectivity index (χ2v) is 8.47. The lowest BCUT2D eigenvalue weighted by atomic mass is 10.1. The number of nitrogens with zero attached hydrogens (tertiary/aromatic N) is 4. The number of carbonyl (C=O) groups is 1. The van der Waals surface area contributed by atoms with E-state index in [1.54, 1.807) is 6.21 Å². The van der Waals surface area contributed by atoms with Crippen molar-refractivity contribution in [3.8, 4) is 5.69 Å². The molecule has 0 atom stereocenters. The van der Waals surface area contributed by atoms with Crippen molar-refractivity contribution in [2.75, 3.05) is 5.75 Å². The highest BCUT2D eigenvalue weighted by molar-refractivity contribution is 7.99. The molecule has 0 aliphatic rings. The average Bonchev–Trinajstić information content (AvgIpc) is 2.92. The largest absolute Gasteiger partial charge is 0.318 e. The Kier molecular flexibility index (Phi) is 6.72. The monoisotopic (exact) mass is 421 g/mol. The molecule has 0 unspecified atom stereocenters. The SMILES string of the molecule is Cc1cc(C)cc(-n2c(C)cc(/C=N/NC(=O)CSc3nc(C)cc(C)n3)c2C)c1. The molecule has 0 bridgehead atoms. The number of thioether (sulfide) groups is 1. The summed E-state index contributed by atoms with van der Waals surface area (Å²) in [5, 5.41) is 4.74. The molecule has 1 N–H and O–H groups in total. The van der Waals surface area contributed by atoms with Crippen LogP contribution in [0, 0.1) is 41.5 Å². The number of hydrogen-bond acceptors (Lipinski definition) is 5. The van der Waals surface area contributed by atoms with Crippen LogP contribution in [0.15, 0.2) is 40.6 Å². The first-order valence-electron chi connectivity index (χ1n) is 9.77. The molecule has 2 heterocycles. The van der Waals surface area contributed by atoms with Crippen molar-refractivity contribution >= 4 is 23.9 Å². The lowest BCUT2D eigenvalue weighted by Crippen LogP contribution is -2.19. The summed E-state index contributed by atoms with van der Waals surface area (Å²) in [4.78, 5) is 20.8. The van der Waals surface area contributed by atoms with Gasteiger partial charge in [-0.2, -0.15) is 5.10 Å². The first-order valence-corrected chi connectivity index (χ1v) is 10.8. The molecule has 30 heavy (non-hydrogen) atoms. The van der Waals surface area contributed by atoms with Crippen LogP contribution in [0.1, 0.15) is 39.5 Å². The molecule has 0 fully saturated rings. The van der Waals surface area contributed by atoms with Crippen LogP contribution in [-0.4, -0.2) is 32.4 Å². The number of rotatable bonds is 6. The summed E-state index contributed by atoms with van der Waals surface area (Å²) < 4.78 is 2.20. The van der Waals surface area contributed by atoms with E-state index >= 15 is 0 Å². The van der Waals surface area contributed by atoms with Gasteiger partial charge in [-0.1, -0.05) is 17.8 Å². The highest BCUT2D eigenvalue weighted by Crippen LogP contribution is 2.22. The maximum Gasteiger partial charge on any atom is 0.250 e. The van der Waals surface area contributed by atoms with Gasteiger partial charge in [-0.3, -0.25) is 4.79 Å². The van der Waals surface area contributed by atoms with Crippen molar-refractivity contribution in [2.45, 2.75) is 46.7 Å². The van der Waals surface area contributed by atoms with Crippen molar-refractivity contribution in [3.05, 3.63) is 69.8 Å². The Morgan fingerprint density at radius 1 is 1.00 bits per heavy atom. The number of nitrogens with one attached hydrogen (secondary N) is 1. The zero-order valence-electron chi connectivity index (χ0n) is 18.3. The van der Waals surface area contributed by atoms with E-state index in [0.29, 0.717) is 5.16 Å². The van der Waals surface area contributed by atoms with Gasteiger partial charge in [0.05, 0.1) is 12.0 Å². The van der Waals surface area contributed by atoms with Crippen molar-refractivity contribution in [2.24, 2.45) is 5.10 Å². The fourth-order valence-electron chi connectivity index (χ4n) is 3.49. The molecule has 1 amide bonds. The molecule has 7 heteroatoms. The molecule has 0 saturated heterocycles. The van der Waals surface area contributed by atoms with Gasteiger partial charge in [-0.05, 0) is 76.9 Å². The quantitative estimate of drug-likeness (QED) is 0.278. The zero-order chi connectivity index (χ0) is 21.8. The molecule has 3 rings (SSSR count). The molecule has 2 aromatic heterocycles. The van der Waals surface area contributed by atoms with E-state index in [-0.39, 0.29) is 11.7 Å². The number of aryl methyl sites for hydroxylation is 5. The Morgan fingerprint density at radius 2 is 1.63 bits per heavy atom. The third-order valence-electron chi connectivity index (χ3n) is 4.62. The Balaban J connectivity index is 1.65. The fourth-order valence-corrected chi connectivity index (χ4v) is 4.23. The van der Waals surface area contributed by atoms with Crippen molar-refractivity contribution in [3.63, 3.8) is 0 Å². The van der Waals surface area contributed by atoms with Crippen LogP contribution in [0.3, 0.4) is 0 Å². The van der Waals surface area contributed by atoms with Gasteiger partial charge in [0, 0.05) is 34.0 Å². The lowest BCUT2D eigenvalue weighted by molar-refractivity contribution is -0.118. The van der Waals surface area contributed by atoms with Crippen molar-refractivity contribution < 1.29 is 4.79 Å². The number of benzene rings is 1. The van der Waals surface area contributed by atoms with Gasteiger partial charge < -0.3 is 4.57 Å². The van der Waals surface area contributed by atoms with Gasteiger partial charge >= 0.3 is 0 Å². The molecule has 1 aromatic carbocycles. The molecule has 0 aliphatic carbocycles. The van der Waals surface area contributed by atoms with Crippen LogP contribution in [0.25, 0.3) is 5.69 Å². The molecule has 0 aliphatic heterocycles. The van der Waals surface area contributed by atoms with Gasteiger partial charge in [-0.15, -0.1) is 0 Å². The second-order valence-electron chi connectivity index (χ2n) is 7.52. The summed E-state index contributed by atoms with van der Waals surface area (Å²) in [6, 6.07) is 10.5. The second kappa shape index (κ2) is 9.26. The highest BCUT2D eigenvalue weighted by Gasteiger charge is 2.11. The van der Waals surface area contributed by atoms with Crippen LogP contribution in [-0.2, 0) is 4.79 Å². The molecule has 6 nitrogen and oxygen atoms in total. The summed E-state index contributed by atoms with van der Waals surface area (Å²) in [5.41, 5.74) is 11.1. The van der Waals surface area contributed by atoms with E-state index in [2.05, 4.69) is 77.0 Å². The number of aromatic nitrogens is 3. The third-order valence-corrected chi connectivity index (χ3v) is 5.47. The Morgan fingerprint density at radius 3 is 2.27 bits per heavy atom. The number of hydrogen-bond donors (Lipinski definition) is 1. The van der Waals surface area contributed by atoms with Crippen LogP contribution in [0.2, 0.25) is 0 Å². The molecular formula is C23H27N5OS. The molecule has 0 spiro atoms. The van der Waals surface area contributed by atoms with Gasteiger partial charge in [0.15, 0.2) is 5.16 Å². The first kappa shape index (κ1) is 21.8. The molecular weight excluding hydrogens is 394 g/mol. The molecule has 0 radical (unpaired) electrons. The lowest BCUT2D eigenvalue weighted by Gasteiger charge is -2.11. The Labute approximate surface area is 181 Å².